The number of aldehydes is 1. The van der Waals surface area contributed by atoms with E-state index in [0.29, 0.717) is 5.02 Å². The van der Waals surface area contributed by atoms with Crippen molar-refractivity contribution in [1.82, 2.24) is 9.55 Å². The number of benzene rings is 1. The Bertz CT molecular complexity index is 436. The highest BCUT2D eigenvalue weighted by Crippen LogP contribution is 2.18. The smallest absolute Gasteiger partial charge is 0.147 e. The standard InChI is InChI=1S/C11H9ClN2O/c12-10-3-1-9(2-4-10)11(7-15)14-6-5-13-8-14/h1-8,11H. The van der Waals surface area contributed by atoms with Crippen LogP contribution in [-0.4, -0.2) is 15.8 Å². The lowest BCUT2D eigenvalue weighted by atomic mass is 10.1. The van der Waals surface area contributed by atoms with E-state index in [0.717, 1.165) is 11.8 Å². The SMILES string of the molecule is O=CC(c1ccc(Cl)cc1)n1ccnc1. The third-order valence-electron chi connectivity index (χ3n) is 2.19. The minimum absolute atomic E-state index is 0.329. The highest BCUT2D eigenvalue weighted by atomic mass is 35.5. The lowest BCUT2D eigenvalue weighted by Crippen LogP contribution is -2.09. The molecule has 15 heavy (non-hydrogen) atoms. The molecule has 0 radical (unpaired) electrons. The zero-order valence-electron chi connectivity index (χ0n) is 7.88. The van der Waals surface area contributed by atoms with E-state index in [-0.39, 0.29) is 6.04 Å². The summed E-state index contributed by atoms with van der Waals surface area (Å²) in [5.74, 6) is 0. The van der Waals surface area contributed by atoms with Crippen LogP contribution >= 0.6 is 11.6 Å². The summed E-state index contributed by atoms with van der Waals surface area (Å²) >= 11 is 5.78. The Balaban J connectivity index is 2.35. The van der Waals surface area contributed by atoms with E-state index in [4.69, 9.17) is 11.6 Å². The summed E-state index contributed by atoms with van der Waals surface area (Å²) in [5, 5.41) is 0.661. The molecule has 2 aromatic rings. The van der Waals surface area contributed by atoms with Gasteiger partial charge in [-0.1, -0.05) is 23.7 Å². The first-order chi connectivity index (χ1) is 7.31. The molecule has 0 aliphatic heterocycles. The zero-order chi connectivity index (χ0) is 10.7. The molecular formula is C11H9ClN2O. The van der Waals surface area contributed by atoms with E-state index in [9.17, 15) is 4.79 Å². The number of rotatable bonds is 3. The Morgan fingerprint density at radius 3 is 2.60 bits per heavy atom. The van der Waals surface area contributed by atoms with Gasteiger partial charge in [0.25, 0.3) is 0 Å². The summed E-state index contributed by atoms with van der Waals surface area (Å²) in [4.78, 5) is 14.9. The van der Waals surface area contributed by atoms with E-state index < -0.39 is 0 Å². The van der Waals surface area contributed by atoms with Crippen LogP contribution in [0, 0.1) is 0 Å². The quantitative estimate of drug-likeness (QED) is 0.745. The molecule has 0 bridgehead atoms. The van der Waals surface area contributed by atoms with E-state index in [2.05, 4.69) is 4.98 Å². The molecule has 1 heterocycles. The third kappa shape index (κ3) is 2.07. The van der Waals surface area contributed by atoms with Crippen LogP contribution in [0.5, 0.6) is 0 Å². The molecule has 3 nitrogen and oxygen atoms in total. The highest BCUT2D eigenvalue weighted by molar-refractivity contribution is 6.30. The Kier molecular flexibility index (Phi) is 2.83. The molecule has 0 amide bonds. The van der Waals surface area contributed by atoms with Crippen LogP contribution < -0.4 is 0 Å². The van der Waals surface area contributed by atoms with Gasteiger partial charge < -0.3 is 9.36 Å². The van der Waals surface area contributed by atoms with Gasteiger partial charge in [0.05, 0.1) is 6.33 Å². The summed E-state index contributed by atoms with van der Waals surface area (Å²) in [6, 6.07) is 6.88. The van der Waals surface area contributed by atoms with Gasteiger partial charge in [0, 0.05) is 17.4 Å². The summed E-state index contributed by atoms with van der Waals surface area (Å²) in [6.07, 6.45) is 5.90. The minimum Gasteiger partial charge on any atom is -0.323 e. The maximum Gasteiger partial charge on any atom is 0.147 e. The molecule has 0 aliphatic carbocycles. The Morgan fingerprint density at radius 2 is 2.07 bits per heavy atom. The molecule has 0 N–H and O–H groups in total. The van der Waals surface area contributed by atoms with Crippen molar-refractivity contribution < 1.29 is 4.79 Å². The lowest BCUT2D eigenvalue weighted by molar-refractivity contribution is -0.109. The summed E-state index contributed by atoms with van der Waals surface area (Å²) < 4.78 is 1.75. The topological polar surface area (TPSA) is 34.9 Å². The van der Waals surface area contributed by atoms with Gasteiger partial charge in [-0.05, 0) is 17.7 Å². The van der Waals surface area contributed by atoms with Crippen LogP contribution in [0.25, 0.3) is 0 Å². The number of imidazole rings is 1. The third-order valence-corrected chi connectivity index (χ3v) is 2.44. The summed E-state index contributed by atoms with van der Waals surface area (Å²) in [6.45, 7) is 0. The number of aromatic nitrogens is 2. The average molecular weight is 221 g/mol. The van der Waals surface area contributed by atoms with Crippen molar-refractivity contribution in [3.8, 4) is 0 Å². The fraction of sp³-hybridized carbons (Fsp3) is 0.0909. The molecule has 1 atom stereocenters. The number of hydrogen-bond acceptors (Lipinski definition) is 2. The Labute approximate surface area is 92.3 Å². The van der Waals surface area contributed by atoms with E-state index in [1.807, 2.05) is 12.1 Å². The van der Waals surface area contributed by atoms with Crippen molar-refractivity contribution in [3.63, 3.8) is 0 Å². The monoisotopic (exact) mass is 220 g/mol. The van der Waals surface area contributed by atoms with Crippen molar-refractivity contribution in [2.45, 2.75) is 6.04 Å². The van der Waals surface area contributed by atoms with Crippen molar-refractivity contribution >= 4 is 17.9 Å². The van der Waals surface area contributed by atoms with Crippen LogP contribution in [0.1, 0.15) is 11.6 Å². The van der Waals surface area contributed by atoms with Crippen LogP contribution in [0.2, 0.25) is 5.02 Å². The number of hydrogen-bond donors (Lipinski definition) is 0. The van der Waals surface area contributed by atoms with Gasteiger partial charge in [-0.25, -0.2) is 4.98 Å². The molecule has 2 rings (SSSR count). The van der Waals surface area contributed by atoms with Gasteiger partial charge in [-0.3, -0.25) is 0 Å². The second-order valence-electron chi connectivity index (χ2n) is 3.14. The fourth-order valence-corrected chi connectivity index (χ4v) is 1.54. The maximum absolute atomic E-state index is 11.0. The molecule has 0 saturated carbocycles. The molecule has 0 fully saturated rings. The van der Waals surface area contributed by atoms with Gasteiger partial charge in [0.2, 0.25) is 0 Å². The van der Waals surface area contributed by atoms with Gasteiger partial charge in [0.1, 0.15) is 12.3 Å². The maximum atomic E-state index is 11.0. The van der Waals surface area contributed by atoms with E-state index in [1.165, 1.54) is 0 Å². The molecular weight excluding hydrogens is 212 g/mol. The van der Waals surface area contributed by atoms with Gasteiger partial charge >= 0.3 is 0 Å². The molecule has 4 heteroatoms. The molecule has 1 aromatic heterocycles. The van der Waals surface area contributed by atoms with Gasteiger partial charge in [-0.15, -0.1) is 0 Å². The Morgan fingerprint density at radius 1 is 1.33 bits per heavy atom. The predicted octanol–water partition coefficient (Wildman–Crippen LogP) is 2.32. The number of nitrogens with zero attached hydrogens (tertiary/aromatic N) is 2. The van der Waals surface area contributed by atoms with Gasteiger partial charge in [-0.2, -0.15) is 0 Å². The summed E-state index contributed by atoms with van der Waals surface area (Å²) in [7, 11) is 0. The number of halogens is 1. The van der Waals surface area contributed by atoms with E-state index in [1.54, 1.807) is 35.4 Å². The number of carbonyl (C=O) groups is 1. The largest absolute Gasteiger partial charge is 0.323 e. The molecule has 0 spiro atoms. The van der Waals surface area contributed by atoms with Crippen molar-refractivity contribution in [2.24, 2.45) is 0 Å². The molecule has 1 aromatic carbocycles. The van der Waals surface area contributed by atoms with Crippen LogP contribution in [-0.2, 0) is 4.79 Å². The van der Waals surface area contributed by atoms with Crippen molar-refractivity contribution in [3.05, 3.63) is 53.6 Å². The molecule has 0 aliphatic rings. The van der Waals surface area contributed by atoms with Gasteiger partial charge in [0.15, 0.2) is 0 Å². The lowest BCUT2D eigenvalue weighted by Gasteiger charge is -2.11. The highest BCUT2D eigenvalue weighted by Gasteiger charge is 2.10. The Hall–Kier alpha value is -1.61. The van der Waals surface area contributed by atoms with E-state index >= 15 is 0 Å². The average Bonchev–Trinajstić information content (AvgIpc) is 2.75. The van der Waals surface area contributed by atoms with Crippen LogP contribution in [0.4, 0.5) is 0 Å². The fourth-order valence-electron chi connectivity index (χ4n) is 1.41. The number of carbonyl (C=O) groups excluding carboxylic acids is 1. The van der Waals surface area contributed by atoms with Crippen LogP contribution in [0.3, 0.4) is 0 Å². The second-order valence-corrected chi connectivity index (χ2v) is 3.58. The normalized spacial score (nSPS) is 12.3. The molecule has 76 valence electrons. The second kappa shape index (κ2) is 4.28. The first-order valence-electron chi connectivity index (χ1n) is 4.49. The minimum atomic E-state index is -0.329. The van der Waals surface area contributed by atoms with Crippen molar-refractivity contribution in [1.29, 1.82) is 0 Å². The molecule has 0 saturated heterocycles. The van der Waals surface area contributed by atoms with Crippen molar-refractivity contribution in [2.75, 3.05) is 0 Å². The molecule has 1 unspecified atom stereocenters. The first-order valence-corrected chi connectivity index (χ1v) is 4.87. The first kappa shape index (κ1) is 9.93. The van der Waals surface area contributed by atoms with Crippen LogP contribution in [0.15, 0.2) is 43.0 Å². The summed E-state index contributed by atoms with van der Waals surface area (Å²) in [5.41, 5.74) is 0.896. The predicted molar refractivity (Wildman–Crippen MR) is 57.9 cm³/mol. The zero-order valence-corrected chi connectivity index (χ0v) is 8.63.